The number of hydrogen-bond acceptors (Lipinski definition) is 7. The molecule has 4 amide bonds. The molecule has 0 unspecified atom stereocenters. The van der Waals surface area contributed by atoms with Crippen molar-refractivity contribution in [2.75, 3.05) is 18.6 Å². The zero-order valence-electron chi connectivity index (χ0n) is 20.9. The molecule has 0 saturated carbocycles. The van der Waals surface area contributed by atoms with Crippen LogP contribution >= 0.6 is 11.6 Å². The average molecular weight is 551 g/mol. The van der Waals surface area contributed by atoms with Crippen LogP contribution in [0.5, 0.6) is 17.2 Å². The van der Waals surface area contributed by atoms with E-state index in [0.717, 1.165) is 4.90 Å². The van der Waals surface area contributed by atoms with Crippen molar-refractivity contribution in [1.29, 1.82) is 0 Å². The number of ether oxygens (including phenoxy) is 3. The molecule has 0 radical (unpaired) electrons. The summed E-state index contributed by atoms with van der Waals surface area (Å²) in [7, 11) is 1.49. The van der Waals surface area contributed by atoms with Crippen molar-refractivity contribution in [2.45, 2.75) is 13.5 Å². The van der Waals surface area contributed by atoms with Crippen molar-refractivity contribution in [3.8, 4) is 17.2 Å². The smallest absolute Gasteiger partial charge is 0.335 e. The fraction of sp³-hybridized carbons (Fsp3) is 0.143. The van der Waals surface area contributed by atoms with Gasteiger partial charge in [-0.15, -0.1) is 0 Å². The monoisotopic (exact) mass is 550 g/mol. The largest absolute Gasteiger partial charge is 0.497 e. The number of carboxylic acids is 1. The first kappa shape index (κ1) is 27.2. The van der Waals surface area contributed by atoms with Crippen LogP contribution in [0.1, 0.15) is 28.4 Å². The second-order valence-electron chi connectivity index (χ2n) is 8.21. The molecule has 0 bridgehead atoms. The van der Waals surface area contributed by atoms with Gasteiger partial charge in [-0.3, -0.25) is 14.9 Å². The number of benzene rings is 3. The minimum atomic E-state index is -1.03. The van der Waals surface area contributed by atoms with Crippen LogP contribution in [0.15, 0.2) is 66.2 Å². The van der Waals surface area contributed by atoms with Crippen LogP contribution in [0.25, 0.3) is 6.08 Å². The number of nitrogens with one attached hydrogen (secondary N) is 1. The molecule has 0 aliphatic carbocycles. The van der Waals surface area contributed by atoms with Crippen LogP contribution in [0.2, 0.25) is 5.02 Å². The lowest BCUT2D eigenvalue weighted by atomic mass is 10.1. The van der Waals surface area contributed by atoms with Gasteiger partial charge in [-0.1, -0.05) is 23.7 Å². The molecule has 0 spiro atoms. The van der Waals surface area contributed by atoms with E-state index in [1.54, 1.807) is 37.3 Å². The lowest BCUT2D eigenvalue weighted by molar-refractivity contribution is -0.122. The number of carboxylic acid groups (broad SMARTS) is 1. The van der Waals surface area contributed by atoms with Gasteiger partial charge >= 0.3 is 12.0 Å². The predicted molar refractivity (Wildman–Crippen MR) is 142 cm³/mol. The Labute approximate surface area is 228 Å². The molecule has 4 rings (SSSR count). The van der Waals surface area contributed by atoms with Gasteiger partial charge in [0.25, 0.3) is 11.8 Å². The SMILES string of the molecule is CCOc1cc(/C=C2\C(=O)NC(=O)N(c3ccc(OC)cc3)C2=O)cc(Cl)c1OCc1ccc(C(=O)O)cc1. The summed E-state index contributed by atoms with van der Waals surface area (Å²) in [5, 5.41) is 11.4. The van der Waals surface area contributed by atoms with Crippen LogP contribution in [-0.4, -0.2) is 42.6 Å². The number of rotatable bonds is 9. The molecule has 39 heavy (non-hydrogen) atoms. The molecule has 200 valence electrons. The summed E-state index contributed by atoms with van der Waals surface area (Å²) in [6, 6.07) is 14.6. The molecule has 1 heterocycles. The molecule has 1 saturated heterocycles. The van der Waals surface area contributed by atoms with Gasteiger partial charge in [0.15, 0.2) is 11.5 Å². The fourth-order valence-corrected chi connectivity index (χ4v) is 4.04. The molecule has 11 heteroatoms. The van der Waals surface area contributed by atoms with Crippen LogP contribution in [0, 0.1) is 0 Å². The Balaban J connectivity index is 1.62. The molecule has 3 aromatic carbocycles. The number of carbonyl (C=O) groups excluding carboxylic acids is 3. The summed E-state index contributed by atoms with van der Waals surface area (Å²) in [5.74, 6) is -1.66. The van der Waals surface area contributed by atoms with Crippen LogP contribution in [0.3, 0.4) is 0 Å². The van der Waals surface area contributed by atoms with E-state index in [2.05, 4.69) is 5.32 Å². The van der Waals surface area contributed by atoms with Gasteiger partial charge in [0.2, 0.25) is 0 Å². The maximum absolute atomic E-state index is 13.2. The number of imide groups is 2. The first-order chi connectivity index (χ1) is 18.7. The van der Waals surface area contributed by atoms with Crippen LogP contribution in [-0.2, 0) is 16.2 Å². The Bertz CT molecular complexity index is 1470. The van der Waals surface area contributed by atoms with Gasteiger partial charge in [0.05, 0.1) is 30.0 Å². The Morgan fingerprint density at radius 1 is 1.03 bits per heavy atom. The second kappa shape index (κ2) is 11.7. The van der Waals surface area contributed by atoms with Crippen LogP contribution in [0.4, 0.5) is 10.5 Å². The first-order valence-electron chi connectivity index (χ1n) is 11.7. The van der Waals surface area contributed by atoms with Crippen molar-refractivity contribution < 1.29 is 38.5 Å². The Hall–Kier alpha value is -4.83. The molecule has 1 aliphatic rings. The molecule has 1 aliphatic heterocycles. The minimum absolute atomic E-state index is 0.0833. The molecular formula is C28H23ClN2O8. The van der Waals surface area contributed by atoms with Crippen molar-refractivity contribution >= 4 is 47.2 Å². The highest BCUT2D eigenvalue weighted by atomic mass is 35.5. The molecule has 2 N–H and O–H groups in total. The first-order valence-corrected chi connectivity index (χ1v) is 12.1. The zero-order valence-corrected chi connectivity index (χ0v) is 21.7. The van der Waals surface area contributed by atoms with Crippen LogP contribution < -0.4 is 24.4 Å². The average Bonchev–Trinajstić information content (AvgIpc) is 2.91. The van der Waals surface area contributed by atoms with E-state index < -0.39 is 23.8 Å². The van der Waals surface area contributed by atoms with Gasteiger partial charge in [-0.25, -0.2) is 14.5 Å². The van der Waals surface area contributed by atoms with Crippen molar-refractivity contribution in [3.05, 3.63) is 87.9 Å². The van der Waals surface area contributed by atoms with Gasteiger partial charge < -0.3 is 19.3 Å². The predicted octanol–water partition coefficient (Wildman–Crippen LogP) is 4.69. The van der Waals surface area contributed by atoms with Crippen molar-refractivity contribution in [2.24, 2.45) is 0 Å². The number of aromatic carboxylic acids is 1. The van der Waals surface area contributed by atoms with Crippen molar-refractivity contribution in [1.82, 2.24) is 5.32 Å². The number of amides is 4. The van der Waals surface area contributed by atoms with E-state index in [1.165, 1.54) is 43.5 Å². The fourth-order valence-electron chi connectivity index (χ4n) is 3.76. The van der Waals surface area contributed by atoms with E-state index in [4.69, 9.17) is 30.9 Å². The topological polar surface area (TPSA) is 131 Å². The highest BCUT2D eigenvalue weighted by molar-refractivity contribution is 6.39. The van der Waals surface area contributed by atoms with Crippen molar-refractivity contribution in [3.63, 3.8) is 0 Å². The number of anilines is 1. The molecule has 1 fully saturated rings. The number of halogens is 1. The highest BCUT2D eigenvalue weighted by Crippen LogP contribution is 2.38. The number of hydrogen-bond donors (Lipinski definition) is 2. The third-order valence-corrected chi connectivity index (χ3v) is 5.94. The minimum Gasteiger partial charge on any atom is -0.497 e. The molecule has 0 atom stereocenters. The number of carbonyl (C=O) groups is 4. The van der Waals surface area contributed by atoms with E-state index in [0.29, 0.717) is 16.9 Å². The van der Waals surface area contributed by atoms with Gasteiger partial charge in [-0.05, 0) is 72.7 Å². The summed E-state index contributed by atoms with van der Waals surface area (Å²) in [5.41, 5.74) is 1.19. The summed E-state index contributed by atoms with van der Waals surface area (Å²) in [6.45, 7) is 2.13. The Morgan fingerprint density at radius 3 is 2.33 bits per heavy atom. The Morgan fingerprint density at radius 2 is 1.72 bits per heavy atom. The lowest BCUT2D eigenvalue weighted by Crippen LogP contribution is -2.54. The zero-order chi connectivity index (χ0) is 28.1. The highest BCUT2D eigenvalue weighted by Gasteiger charge is 2.37. The quantitative estimate of drug-likeness (QED) is 0.290. The maximum Gasteiger partial charge on any atom is 0.335 e. The van der Waals surface area contributed by atoms with Gasteiger partial charge in [-0.2, -0.15) is 0 Å². The van der Waals surface area contributed by atoms with E-state index >= 15 is 0 Å². The third kappa shape index (κ3) is 6.02. The number of urea groups is 1. The van der Waals surface area contributed by atoms with E-state index in [9.17, 15) is 19.2 Å². The molecule has 3 aromatic rings. The number of barbiturate groups is 1. The third-order valence-electron chi connectivity index (χ3n) is 5.66. The lowest BCUT2D eigenvalue weighted by Gasteiger charge is -2.26. The summed E-state index contributed by atoms with van der Waals surface area (Å²) in [6.07, 6.45) is 1.31. The summed E-state index contributed by atoms with van der Waals surface area (Å²) >= 11 is 6.50. The Kier molecular flexibility index (Phi) is 8.16. The molecule has 0 aromatic heterocycles. The second-order valence-corrected chi connectivity index (χ2v) is 8.62. The molecule has 10 nitrogen and oxygen atoms in total. The molecular weight excluding hydrogens is 528 g/mol. The summed E-state index contributed by atoms with van der Waals surface area (Å²) in [4.78, 5) is 50.2. The van der Waals surface area contributed by atoms with Gasteiger partial charge in [0.1, 0.15) is 17.9 Å². The normalized spacial score (nSPS) is 14.3. The number of methoxy groups -OCH3 is 1. The van der Waals surface area contributed by atoms with E-state index in [-0.39, 0.29) is 46.6 Å². The number of nitrogens with zero attached hydrogens (tertiary/aromatic N) is 1. The standard InChI is InChI=1S/C28H23ClN2O8/c1-3-38-23-14-17(13-22(29)24(23)39-15-16-4-6-18(7-5-16)27(34)35)12-21-25(32)30-28(36)31(26(21)33)19-8-10-20(37-2)11-9-19/h4-14H,3,15H2,1-2H3,(H,34,35)(H,30,32,36)/b21-12+. The van der Waals surface area contributed by atoms with Gasteiger partial charge in [0, 0.05) is 0 Å². The maximum atomic E-state index is 13.2. The summed E-state index contributed by atoms with van der Waals surface area (Å²) < 4.78 is 16.7. The van der Waals surface area contributed by atoms with E-state index in [1.807, 2.05) is 0 Å².